The Bertz CT molecular complexity index is 552. The second kappa shape index (κ2) is 5.29. The molecule has 1 aromatic carbocycles. The van der Waals surface area contributed by atoms with Crippen molar-refractivity contribution in [1.82, 2.24) is 4.98 Å². The van der Waals surface area contributed by atoms with Gasteiger partial charge in [0.2, 0.25) is 0 Å². The zero-order valence-electron chi connectivity index (χ0n) is 9.38. The summed E-state index contributed by atoms with van der Waals surface area (Å²) < 4.78 is 0.996. The van der Waals surface area contributed by atoms with Gasteiger partial charge in [-0.2, -0.15) is 0 Å². The standard InChI is InChI=1S/C13H11BrN2O2/c14-10-4-1-8(2-5-10)11-6-3-9(7-16-11)12(15)13(17)18/h1-7,12H,15H2,(H,17,18). The van der Waals surface area contributed by atoms with Crippen molar-refractivity contribution in [1.29, 1.82) is 0 Å². The fraction of sp³-hybridized carbons (Fsp3) is 0.0769. The Labute approximate surface area is 113 Å². The van der Waals surface area contributed by atoms with E-state index in [2.05, 4.69) is 20.9 Å². The van der Waals surface area contributed by atoms with Gasteiger partial charge in [-0.05, 0) is 23.8 Å². The van der Waals surface area contributed by atoms with Gasteiger partial charge < -0.3 is 10.8 Å². The van der Waals surface area contributed by atoms with E-state index in [4.69, 9.17) is 10.8 Å². The fourth-order valence-corrected chi connectivity index (χ4v) is 1.79. The summed E-state index contributed by atoms with van der Waals surface area (Å²) in [6.45, 7) is 0. The van der Waals surface area contributed by atoms with E-state index in [1.54, 1.807) is 12.1 Å². The van der Waals surface area contributed by atoms with Gasteiger partial charge in [-0.1, -0.05) is 34.1 Å². The molecule has 2 rings (SSSR count). The van der Waals surface area contributed by atoms with Crippen LogP contribution in [0.1, 0.15) is 11.6 Å². The number of carboxylic acids is 1. The van der Waals surface area contributed by atoms with Crippen molar-refractivity contribution in [3.8, 4) is 11.3 Å². The highest BCUT2D eigenvalue weighted by Gasteiger charge is 2.14. The number of hydrogen-bond donors (Lipinski definition) is 2. The number of aliphatic carboxylic acids is 1. The average Bonchev–Trinajstić information content (AvgIpc) is 2.39. The molecule has 4 nitrogen and oxygen atoms in total. The fourth-order valence-electron chi connectivity index (χ4n) is 1.52. The summed E-state index contributed by atoms with van der Waals surface area (Å²) >= 11 is 3.36. The lowest BCUT2D eigenvalue weighted by Crippen LogP contribution is -2.20. The Morgan fingerprint density at radius 2 is 1.89 bits per heavy atom. The SMILES string of the molecule is NC(C(=O)O)c1ccc(-c2ccc(Br)cc2)nc1. The van der Waals surface area contributed by atoms with E-state index in [1.165, 1.54) is 6.20 Å². The molecule has 0 saturated carbocycles. The topological polar surface area (TPSA) is 76.2 Å². The van der Waals surface area contributed by atoms with E-state index in [9.17, 15) is 4.79 Å². The molecule has 1 unspecified atom stereocenters. The van der Waals surface area contributed by atoms with Crippen LogP contribution in [0.25, 0.3) is 11.3 Å². The van der Waals surface area contributed by atoms with Crippen LogP contribution in [0.5, 0.6) is 0 Å². The summed E-state index contributed by atoms with van der Waals surface area (Å²) in [5.41, 5.74) is 7.74. The highest BCUT2D eigenvalue weighted by Crippen LogP contribution is 2.21. The van der Waals surface area contributed by atoms with Crippen molar-refractivity contribution >= 4 is 21.9 Å². The van der Waals surface area contributed by atoms with Crippen LogP contribution in [0.15, 0.2) is 47.1 Å². The molecule has 0 fully saturated rings. The van der Waals surface area contributed by atoms with E-state index in [1.807, 2.05) is 24.3 Å². The molecule has 0 aliphatic carbocycles. The molecule has 1 heterocycles. The number of halogens is 1. The van der Waals surface area contributed by atoms with Gasteiger partial charge in [0.05, 0.1) is 5.69 Å². The van der Waals surface area contributed by atoms with Crippen LogP contribution in [0, 0.1) is 0 Å². The van der Waals surface area contributed by atoms with Gasteiger partial charge in [0.1, 0.15) is 6.04 Å². The van der Waals surface area contributed by atoms with Crippen LogP contribution in [-0.4, -0.2) is 16.1 Å². The first-order valence-corrected chi connectivity index (χ1v) is 6.07. The molecule has 0 aliphatic heterocycles. The highest BCUT2D eigenvalue weighted by molar-refractivity contribution is 9.10. The maximum Gasteiger partial charge on any atom is 0.325 e. The lowest BCUT2D eigenvalue weighted by atomic mass is 10.1. The molecule has 18 heavy (non-hydrogen) atoms. The first-order chi connectivity index (χ1) is 8.58. The Balaban J connectivity index is 2.27. The molecule has 5 heteroatoms. The summed E-state index contributed by atoms with van der Waals surface area (Å²) in [6, 6.07) is 10.1. The Kier molecular flexibility index (Phi) is 3.74. The van der Waals surface area contributed by atoms with Crippen molar-refractivity contribution in [2.45, 2.75) is 6.04 Å². The van der Waals surface area contributed by atoms with Gasteiger partial charge in [0.15, 0.2) is 0 Å². The molecule has 0 radical (unpaired) electrons. The largest absolute Gasteiger partial charge is 0.480 e. The quantitative estimate of drug-likeness (QED) is 0.914. The highest BCUT2D eigenvalue weighted by atomic mass is 79.9. The zero-order valence-corrected chi connectivity index (χ0v) is 11.0. The number of benzene rings is 1. The average molecular weight is 307 g/mol. The number of carboxylic acid groups (broad SMARTS) is 1. The minimum atomic E-state index is -1.06. The smallest absolute Gasteiger partial charge is 0.325 e. The third-order valence-electron chi connectivity index (χ3n) is 2.55. The van der Waals surface area contributed by atoms with Gasteiger partial charge in [-0.3, -0.25) is 9.78 Å². The Morgan fingerprint density at radius 3 is 2.39 bits per heavy atom. The molecular weight excluding hydrogens is 296 g/mol. The van der Waals surface area contributed by atoms with E-state index in [-0.39, 0.29) is 0 Å². The zero-order chi connectivity index (χ0) is 13.1. The molecule has 92 valence electrons. The lowest BCUT2D eigenvalue weighted by molar-refractivity contribution is -0.138. The Hall–Kier alpha value is -1.72. The molecule has 0 saturated heterocycles. The molecule has 0 spiro atoms. The van der Waals surface area contributed by atoms with E-state index >= 15 is 0 Å². The van der Waals surface area contributed by atoms with Crippen molar-refractivity contribution in [2.24, 2.45) is 5.73 Å². The molecule has 1 aromatic heterocycles. The molecule has 1 atom stereocenters. The number of pyridine rings is 1. The third kappa shape index (κ3) is 2.75. The minimum Gasteiger partial charge on any atom is -0.480 e. The van der Waals surface area contributed by atoms with Gasteiger partial charge >= 0.3 is 5.97 Å². The number of nitrogens with zero attached hydrogens (tertiary/aromatic N) is 1. The molecule has 3 N–H and O–H groups in total. The van der Waals surface area contributed by atoms with Crippen LogP contribution >= 0.6 is 15.9 Å². The monoisotopic (exact) mass is 306 g/mol. The number of carbonyl (C=O) groups is 1. The summed E-state index contributed by atoms with van der Waals surface area (Å²) in [7, 11) is 0. The van der Waals surface area contributed by atoms with Crippen LogP contribution < -0.4 is 5.73 Å². The van der Waals surface area contributed by atoms with Crippen molar-refractivity contribution in [2.75, 3.05) is 0 Å². The first-order valence-electron chi connectivity index (χ1n) is 5.28. The van der Waals surface area contributed by atoms with Crippen LogP contribution in [0.4, 0.5) is 0 Å². The predicted octanol–water partition coefficient (Wildman–Crippen LogP) is 2.60. The number of aromatic nitrogens is 1. The number of hydrogen-bond acceptors (Lipinski definition) is 3. The molecule has 0 bridgehead atoms. The summed E-state index contributed by atoms with van der Waals surface area (Å²) in [5, 5.41) is 8.79. The minimum absolute atomic E-state index is 0.489. The summed E-state index contributed by atoms with van der Waals surface area (Å²) in [5.74, 6) is -1.06. The summed E-state index contributed by atoms with van der Waals surface area (Å²) in [6.07, 6.45) is 1.50. The predicted molar refractivity (Wildman–Crippen MR) is 71.9 cm³/mol. The summed E-state index contributed by atoms with van der Waals surface area (Å²) in [4.78, 5) is 15.0. The van der Waals surface area contributed by atoms with Gasteiger partial charge in [0, 0.05) is 16.2 Å². The van der Waals surface area contributed by atoms with Crippen LogP contribution in [-0.2, 0) is 4.79 Å². The molecule has 0 aliphatic rings. The first kappa shape index (κ1) is 12.7. The maximum absolute atomic E-state index is 10.7. The lowest BCUT2D eigenvalue weighted by Gasteiger charge is -2.07. The van der Waals surface area contributed by atoms with E-state index < -0.39 is 12.0 Å². The molecular formula is C13H11BrN2O2. The van der Waals surface area contributed by atoms with Gasteiger partial charge in [-0.25, -0.2) is 0 Å². The van der Waals surface area contributed by atoms with E-state index in [0.717, 1.165) is 15.7 Å². The van der Waals surface area contributed by atoms with Crippen LogP contribution in [0.3, 0.4) is 0 Å². The molecule has 0 amide bonds. The number of nitrogens with two attached hydrogens (primary N) is 1. The third-order valence-corrected chi connectivity index (χ3v) is 3.08. The van der Waals surface area contributed by atoms with Crippen molar-refractivity contribution in [3.63, 3.8) is 0 Å². The van der Waals surface area contributed by atoms with Gasteiger partial charge in [-0.15, -0.1) is 0 Å². The van der Waals surface area contributed by atoms with Crippen LogP contribution in [0.2, 0.25) is 0 Å². The second-order valence-electron chi connectivity index (χ2n) is 3.80. The van der Waals surface area contributed by atoms with E-state index in [0.29, 0.717) is 5.56 Å². The maximum atomic E-state index is 10.7. The van der Waals surface area contributed by atoms with Crippen molar-refractivity contribution in [3.05, 3.63) is 52.6 Å². The Morgan fingerprint density at radius 1 is 1.22 bits per heavy atom. The van der Waals surface area contributed by atoms with Crippen molar-refractivity contribution < 1.29 is 9.90 Å². The van der Waals surface area contributed by atoms with Gasteiger partial charge in [0.25, 0.3) is 0 Å². The second-order valence-corrected chi connectivity index (χ2v) is 4.72. The number of rotatable bonds is 3. The normalized spacial score (nSPS) is 12.1. The molecule has 2 aromatic rings.